The number of aromatic nitrogens is 1. The topological polar surface area (TPSA) is 62.3 Å². The first kappa shape index (κ1) is 17.8. The molecule has 0 saturated carbocycles. The number of hydrogen-bond donors (Lipinski definition) is 1. The number of piperidine rings is 1. The molecule has 1 aliphatic heterocycles. The second-order valence-electron chi connectivity index (χ2n) is 6.31. The van der Waals surface area contributed by atoms with Gasteiger partial charge in [-0.25, -0.2) is 4.98 Å². The monoisotopic (exact) mass is 401 g/mol. The van der Waals surface area contributed by atoms with E-state index in [1.54, 1.807) is 36.4 Å². The molecule has 1 saturated heterocycles. The summed E-state index contributed by atoms with van der Waals surface area (Å²) in [5.74, 6) is 0.216. The lowest BCUT2D eigenvalue weighted by molar-refractivity contribution is 0.0851. The molecule has 1 N–H and O–H groups in total. The van der Waals surface area contributed by atoms with Crippen LogP contribution < -0.4 is 5.32 Å². The fourth-order valence-corrected chi connectivity index (χ4v) is 3.34. The second-order valence-corrected chi connectivity index (χ2v) is 7.23. The number of Topliss-reactive ketones (excluding diaryl/α,β-unsaturated/α-hetero) is 1. The largest absolute Gasteiger partial charge is 0.307 e. The number of hydrogen-bond acceptors (Lipinski definition) is 4. The van der Waals surface area contributed by atoms with Gasteiger partial charge in [0.05, 0.1) is 0 Å². The van der Waals surface area contributed by atoms with E-state index in [0.29, 0.717) is 17.1 Å². The summed E-state index contributed by atoms with van der Waals surface area (Å²) in [5, 5.41) is 2.76. The third-order valence-electron chi connectivity index (χ3n) is 4.42. The third kappa shape index (κ3) is 4.52. The molecule has 1 aliphatic rings. The van der Waals surface area contributed by atoms with Crippen molar-refractivity contribution in [3.63, 3.8) is 0 Å². The molecule has 1 fully saturated rings. The van der Waals surface area contributed by atoms with Crippen molar-refractivity contribution in [3.8, 4) is 0 Å². The maximum absolute atomic E-state index is 12.7. The van der Waals surface area contributed by atoms with Crippen LogP contribution in [0.2, 0.25) is 0 Å². The van der Waals surface area contributed by atoms with Gasteiger partial charge < -0.3 is 10.2 Å². The van der Waals surface area contributed by atoms with Crippen LogP contribution >= 0.6 is 15.9 Å². The van der Waals surface area contributed by atoms with Gasteiger partial charge in [-0.15, -0.1) is 0 Å². The normalized spacial score (nSPS) is 15.8. The van der Waals surface area contributed by atoms with E-state index < -0.39 is 0 Å². The molecule has 130 valence electrons. The Kier molecular flexibility index (Phi) is 5.60. The van der Waals surface area contributed by atoms with Crippen molar-refractivity contribution in [3.05, 3.63) is 58.2 Å². The van der Waals surface area contributed by atoms with Crippen molar-refractivity contribution in [1.82, 2.24) is 9.88 Å². The van der Waals surface area contributed by atoms with E-state index in [9.17, 15) is 9.59 Å². The number of likely N-dealkylation sites (tertiary alicyclic amines) is 1. The summed E-state index contributed by atoms with van der Waals surface area (Å²) in [4.78, 5) is 31.6. The van der Waals surface area contributed by atoms with E-state index >= 15 is 0 Å². The number of nitrogens with one attached hydrogen (secondary N) is 1. The Bertz CT molecular complexity index is 786. The van der Waals surface area contributed by atoms with Crippen LogP contribution in [0.5, 0.6) is 0 Å². The molecule has 1 aromatic heterocycles. The van der Waals surface area contributed by atoms with Gasteiger partial charge in [0, 0.05) is 16.0 Å². The number of ketones is 1. The van der Waals surface area contributed by atoms with Crippen LogP contribution in [0.3, 0.4) is 0 Å². The summed E-state index contributed by atoms with van der Waals surface area (Å²) in [6.07, 6.45) is 1.71. The van der Waals surface area contributed by atoms with Gasteiger partial charge in [0.2, 0.25) is 0 Å². The summed E-state index contributed by atoms with van der Waals surface area (Å²) >= 11 is 3.35. The van der Waals surface area contributed by atoms with Crippen molar-refractivity contribution < 1.29 is 9.59 Å². The van der Waals surface area contributed by atoms with Gasteiger partial charge in [-0.3, -0.25) is 9.59 Å². The molecule has 0 spiro atoms. The van der Waals surface area contributed by atoms with Crippen molar-refractivity contribution in [2.24, 2.45) is 5.92 Å². The van der Waals surface area contributed by atoms with Gasteiger partial charge in [0.25, 0.3) is 5.91 Å². The van der Waals surface area contributed by atoms with Gasteiger partial charge in [-0.1, -0.05) is 28.1 Å². The van der Waals surface area contributed by atoms with Crippen LogP contribution in [0.4, 0.5) is 5.82 Å². The Morgan fingerprint density at radius 1 is 1.16 bits per heavy atom. The number of carbonyl (C=O) groups is 2. The summed E-state index contributed by atoms with van der Waals surface area (Å²) in [6, 6.07) is 12.3. The third-order valence-corrected chi connectivity index (χ3v) is 4.91. The SMILES string of the molecule is CN1CCC(C(=O)c2cccc(NC(=O)c3cccc(Br)c3)n2)CC1. The summed E-state index contributed by atoms with van der Waals surface area (Å²) in [6.45, 7) is 1.85. The molecule has 25 heavy (non-hydrogen) atoms. The van der Waals surface area contributed by atoms with Crippen molar-refractivity contribution >= 4 is 33.4 Å². The van der Waals surface area contributed by atoms with Crippen molar-refractivity contribution in [2.75, 3.05) is 25.5 Å². The maximum Gasteiger partial charge on any atom is 0.256 e. The van der Waals surface area contributed by atoms with E-state index in [2.05, 4.69) is 38.2 Å². The zero-order chi connectivity index (χ0) is 17.8. The van der Waals surface area contributed by atoms with E-state index in [1.165, 1.54) is 0 Å². The molecule has 1 aromatic carbocycles. The number of benzene rings is 1. The second kappa shape index (κ2) is 7.89. The molecule has 2 aromatic rings. The average molecular weight is 402 g/mol. The highest BCUT2D eigenvalue weighted by molar-refractivity contribution is 9.10. The van der Waals surface area contributed by atoms with Crippen LogP contribution in [-0.2, 0) is 0 Å². The van der Waals surface area contributed by atoms with Gasteiger partial charge in [-0.2, -0.15) is 0 Å². The zero-order valence-corrected chi connectivity index (χ0v) is 15.6. The Balaban J connectivity index is 1.71. The van der Waals surface area contributed by atoms with Crippen LogP contribution in [0.25, 0.3) is 0 Å². The Labute approximate surface area is 155 Å². The molecule has 6 heteroatoms. The molecule has 0 radical (unpaired) electrons. The lowest BCUT2D eigenvalue weighted by Gasteiger charge is -2.27. The highest BCUT2D eigenvalue weighted by Gasteiger charge is 2.25. The fraction of sp³-hybridized carbons (Fsp3) is 0.316. The van der Waals surface area contributed by atoms with Gasteiger partial charge in [0.1, 0.15) is 11.5 Å². The molecule has 0 atom stereocenters. The Hall–Kier alpha value is -2.05. The van der Waals surface area contributed by atoms with Crippen molar-refractivity contribution in [1.29, 1.82) is 0 Å². The molecule has 5 nitrogen and oxygen atoms in total. The molecule has 2 heterocycles. The summed E-state index contributed by atoms with van der Waals surface area (Å²) in [5.41, 5.74) is 0.949. The average Bonchev–Trinajstić information content (AvgIpc) is 2.62. The number of rotatable bonds is 4. The minimum Gasteiger partial charge on any atom is -0.307 e. The van der Waals surface area contributed by atoms with Crippen LogP contribution in [0, 0.1) is 5.92 Å². The standard InChI is InChI=1S/C19H20BrN3O2/c1-23-10-8-13(9-11-23)18(24)16-6-3-7-17(21-16)22-19(25)14-4-2-5-15(20)12-14/h2-7,12-13H,8-11H2,1H3,(H,21,22,25). The Morgan fingerprint density at radius 3 is 2.60 bits per heavy atom. The van der Waals surface area contributed by atoms with Crippen LogP contribution in [0.15, 0.2) is 46.9 Å². The van der Waals surface area contributed by atoms with Crippen LogP contribution in [0.1, 0.15) is 33.7 Å². The number of carbonyl (C=O) groups excluding carboxylic acids is 2. The lowest BCUT2D eigenvalue weighted by atomic mass is 9.91. The molecule has 0 aliphatic carbocycles. The molecule has 1 amide bonds. The van der Waals surface area contributed by atoms with Crippen LogP contribution in [-0.4, -0.2) is 41.7 Å². The first-order valence-electron chi connectivity index (χ1n) is 8.29. The number of pyridine rings is 1. The first-order valence-corrected chi connectivity index (χ1v) is 9.09. The quantitative estimate of drug-likeness (QED) is 0.794. The highest BCUT2D eigenvalue weighted by Crippen LogP contribution is 2.21. The summed E-state index contributed by atoms with van der Waals surface area (Å²) < 4.78 is 0.833. The predicted molar refractivity (Wildman–Crippen MR) is 101 cm³/mol. The summed E-state index contributed by atoms with van der Waals surface area (Å²) in [7, 11) is 2.07. The molecule has 0 bridgehead atoms. The molecular weight excluding hydrogens is 382 g/mol. The number of anilines is 1. The highest BCUT2D eigenvalue weighted by atomic mass is 79.9. The zero-order valence-electron chi connectivity index (χ0n) is 14.0. The number of nitrogens with zero attached hydrogens (tertiary/aromatic N) is 2. The molecule has 0 unspecified atom stereocenters. The van der Waals surface area contributed by atoms with E-state index in [-0.39, 0.29) is 17.6 Å². The van der Waals surface area contributed by atoms with E-state index in [4.69, 9.17) is 0 Å². The van der Waals surface area contributed by atoms with E-state index in [1.807, 2.05) is 6.07 Å². The van der Waals surface area contributed by atoms with E-state index in [0.717, 1.165) is 30.4 Å². The number of amides is 1. The maximum atomic E-state index is 12.7. The smallest absolute Gasteiger partial charge is 0.256 e. The minimum atomic E-state index is -0.252. The van der Waals surface area contributed by atoms with Gasteiger partial charge in [0.15, 0.2) is 5.78 Å². The molecule has 3 rings (SSSR count). The minimum absolute atomic E-state index is 0.0136. The fourth-order valence-electron chi connectivity index (χ4n) is 2.94. The number of halogens is 1. The predicted octanol–water partition coefficient (Wildman–Crippen LogP) is 3.62. The van der Waals surface area contributed by atoms with Crippen molar-refractivity contribution in [2.45, 2.75) is 12.8 Å². The van der Waals surface area contributed by atoms with Gasteiger partial charge >= 0.3 is 0 Å². The lowest BCUT2D eigenvalue weighted by Crippen LogP contribution is -2.33. The first-order chi connectivity index (χ1) is 12.0. The molecular formula is C19H20BrN3O2. The van der Waals surface area contributed by atoms with Gasteiger partial charge in [-0.05, 0) is 63.3 Å². The Morgan fingerprint density at radius 2 is 1.88 bits per heavy atom.